The van der Waals surface area contributed by atoms with Crippen LogP contribution in [0.4, 0.5) is 5.13 Å². The number of ether oxygens (including phenoxy) is 1. The van der Waals surface area contributed by atoms with Crippen molar-refractivity contribution in [1.82, 2.24) is 15.5 Å². The van der Waals surface area contributed by atoms with Gasteiger partial charge >= 0.3 is 0 Å². The third-order valence-corrected chi connectivity index (χ3v) is 3.22. The van der Waals surface area contributed by atoms with E-state index in [0.29, 0.717) is 22.4 Å². The van der Waals surface area contributed by atoms with Crippen molar-refractivity contribution in [3.63, 3.8) is 0 Å². The SMILES string of the molecule is COc1ccccc1CC(=O)NCc1nnc(N)s1. The molecule has 3 N–H and O–H groups in total. The van der Waals surface area contributed by atoms with E-state index in [9.17, 15) is 4.79 Å². The molecule has 0 bridgehead atoms. The Balaban J connectivity index is 1.90. The molecule has 1 aromatic carbocycles. The molecule has 0 radical (unpaired) electrons. The van der Waals surface area contributed by atoms with Crippen molar-refractivity contribution in [3.05, 3.63) is 34.8 Å². The molecule has 100 valence electrons. The number of carbonyl (C=O) groups is 1. The van der Waals surface area contributed by atoms with Crippen molar-refractivity contribution in [3.8, 4) is 5.75 Å². The maximum atomic E-state index is 11.8. The third kappa shape index (κ3) is 3.65. The van der Waals surface area contributed by atoms with Crippen molar-refractivity contribution >= 4 is 22.4 Å². The Morgan fingerprint density at radius 2 is 2.21 bits per heavy atom. The minimum absolute atomic E-state index is 0.0988. The number of hydrogen-bond acceptors (Lipinski definition) is 6. The molecule has 0 aliphatic carbocycles. The Kier molecular flexibility index (Phi) is 4.30. The van der Waals surface area contributed by atoms with Gasteiger partial charge in [0.1, 0.15) is 10.8 Å². The molecule has 0 fully saturated rings. The van der Waals surface area contributed by atoms with E-state index < -0.39 is 0 Å². The Labute approximate surface area is 114 Å². The van der Waals surface area contributed by atoms with E-state index >= 15 is 0 Å². The van der Waals surface area contributed by atoms with Gasteiger partial charge in [0.05, 0.1) is 20.1 Å². The summed E-state index contributed by atoms with van der Waals surface area (Å²) in [6, 6.07) is 7.43. The van der Waals surface area contributed by atoms with E-state index in [0.717, 1.165) is 5.56 Å². The molecular formula is C12H14N4O2S. The number of hydrogen-bond donors (Lipinski definition) is 2. The second-order valence-electron chi connectivity index (χ2n) is 3.80. The molecule has 0 atom stereocenters. The number of nitrogens with one attached hydrogen (secondary N) is 1. The number of nitrogens with two attached hydrogens (primary N) is 1. The molecule has 0 saturated heterocycles. The lowest BCUT2D eigenvalue weighted by atomic mass is 10.1. The summed E-state index contributed by atoms with van der Waals surface area (Å²) >= 11 is 1.26. The highest BCUT2D eigenvalue weighted by Gasteiger charge is 2.09. The Morgan fingerprint density at radius 3 is 2.89 bits per heavy atom. The summed E-state index contributed by atoms with van der Waals surface area (Å²) in [7, 11) is 1.58. The van der Waals surface area contributed by atoms with Crippen LogP contribution in [0.3, 0.4) is 0 Å². The van der Waals surface area contributed by atoms with Gasteiger partial charge in [-0.3, -0.25) is 4.79 Å². The fourth-order valence-corrected chi connectivity index (χ4v) is 2.15. The first-order chi connectivity index (χ1) is 9.19. The van der Waals surface area contributed by atoms with Crippen LogP contribution in [0.25, 0.3) is 0 Å². The van der Waals surface area contributed by atoms with Crippen LogP contribution in [0.5, 0.6) is 5.75 Å². The number of carbonyl (C=O) groups excluding carboxylic acids is 1. The molecule has 0 aliphatic rings. The second-order valence-corrected chi connectivity index (χ2v) is 4.89. The summed E-state index contributed by atoms with van der Waals surface area (Å²) in [6.45, 7) is 0.336. The molecular weight excluding hydrogens is 264 g/mol. The molecule has 0 unspecified atom stereocenters. The third-order valence-electron chi connectivity index (χ3n) is 2.46. The van der Waals surface area contributed by atoms with E-state index in [4.69, 9.17) is 10.5 Å². The van der Waals surface area contributed by atoms with Gasteiger partial charge in [-0.2, -0.15) is 0 Å². The molecule has 0 aliphatic heterocycles. The van der Waals surface area contributed by atoms with Crippen LogP contribution in [0.15, 0.2) is 24.3 Å². The number of para-hydroxylation sites is 1. The summed E-state index contributed by atoms with van der Waals surface area (Å²) in [5.41, 5.74) is 6.31. The molecule has 2 rings (SSSR count). The zero-order valence-electron chi connectivity index (χ0n) is 10.4. The normalized spacial score (nSPS) is 10.2. The highest BCUT2D eigenvalue weighted by Crippen LogP contribution is 2.17. The van der Waals surface area contributed by atoms with Crippen molar-refractivity contribution in [1.29, 1.82) is 0 Å². The Morgan fingerprint density at radius 1 is 1.42 bits per heavy atom. The van der Waals surface area contributed by atoms with Crippen LogP contribution < -0.4 is 15.8 Å². The van der Waals surface area contributed by atoms with E-state index in [1.54, 1.807) is 7.11 Å². The van der Waals surface area contributed by atoms with Gasteiger partial charge in [0.2, 0.25) is 11.0 Å². The molecule has 0 saturated carbocycles. The van der Waals surface area contributed by atoms with E-state index in [1.807, 2.05) is 24.3 Å². The quantitative estimate of drug-likeness (QED) is 0.851. The number of nitrogen functional groups attached to an aromatic ring is 1. The van der Waals surface area contributed by atoms with E-state index in [-0.39, 0.29) is 12.3 Å². The van der Waals surface area contributed by atoms with Crippen LogP contribution >= 0.6 is 11.3 Å². The first-order valence-electron chi connectivity index (χ1n) is 5.65. The number of rotatable bonds is 5. The number of amides is 1. The summed E-state index contributed by atoms with van der Waals surface area (Å²) in [6.07, 6.45) is 0.262. The molecule has 1 aromatic heterocycles. The minimum atomic E-state index is -0.0988. The van der Waals surface area contributed by atoms with Crippen molar-refractivity contribution in [2.45, 2.75) is 13.0 Å². The van der Waals surface area contributed by atoms with E-state index in [1.165, 1.54) is 11.3 Å². The Hall–Kier alpha value is -2.15. The van der Waals surface area contributed by atoms with E-state index in [2.05, 4.69) is 15.5 Å². The van der Waals surface area contributed by atoms with Crippen molar-refractivity contribution in [2.75, 3.05) is 12.8 Å². The maximum Gasteiger partial charge on any atom is 0.224 e. The first-order valence-corrected chi connectivity index (χ1v) is 6.47. The average Bonchev–Trinajstić information content (AvgIpc) is 2.83. The standard InChI is InChI=1S/C12H14N4O2S/c1-18-9-5-3-2-4-8(9)6-10(17)14-7-11-15-16-12(13)19-11/h2-5H,6-7H2,1H3,(H2,13,16)(H,14,17). The van der Waals surface area contributed by atoms with Gasteiger partial charge < -0.3 is 15.8 Å². The number of methoxy groups -OCH3 is 1. The molecule has 6 nitrogen and oxygen atoms in total. The van der Waals surface area contributed by atoms with Gasteiger partial charge in [-0.25, -0.2) is 0 Å². The van der Waals surface area contributed by atoms with Crippen LogP contribution in [-0.2, 0) is 17.8 Å². The number of benzene rings is 1. The van der Waals surface area contributed by atoms with Gasteiger partial charge in [0.15, 0.2) is 0 Å². The van der Waals surface area contributed by atoms with Gasteiger partial charge in [-0.1, -0.05) is 29.5 Å². The molecule has 2 aromatic rings. The summed E-state index contributed by atoms with van der Waals surface area (Å²) < 4.78 is 5.20. The highest BCUT2D eigenvalue weighted by molar-refractivity contribution is 7.15. The van der Waals surface area contributed by atoms with Gasteiger partial charge in [0, 0.05) is 5.56 Å². The number of aromatic nitrogens is 2. The van der Waals surface area contributed by atoms with Crippen molar-refractivity contribution in [2.24, 2.45) is 0 Å². The number of nitrogens with zero attached hydrogens (tertiary/aromatic N) is 2. The zero-order chi connectivity index (χ0) is 13.7. The predicted octanol–water partition coefficient (Wildman–Crippen LogP) is 0.988. The van der Waals surface area contributed by atoms with Gasteiger partial charge in [0.25, 0.3) is 0 Å². The maximum absolute atomic E-state index is 11.8. The van der Waals surface area contributed by atoms with Crippen molar-refractivity contribution < 1.29 is 9.53 Å². The van der Waals surface area contributed by atoms with Crippen LogP contribution in [-0.4, -0.2) is 23.2 Å². The molecule has 19 heavy (non-hydrogen) atoms. The summed E-state index contributed by atoms with van der Waals surface area (Å²) in [5, 5.41) is 11.4. The Bertz CT molecular complexity index is 570. The second kappa shape index (κ2) is 6.14. The lowest BCUT2D eigenvalue weighted by Crippen LogP contribution is -2.24. The fraction of sp³-hybridized carbons (Fsp3) is 0.250. The largest absolute Gasteiger partial charge is 0.496 e. The highest BCUT2D eigenvalue weighted by atomic mass is 32.1. The molecule has 1 amide bonds. The summed E-state index contributed by atoms with van der Waals surface area (Å²) in [5.74, 6) is 0.607. The lowest BCUT2D eigenvalue weighted by molar-refractivity contribution is -0.120. The van der Waals surface area contributed by atoms with Crippen LogP contribution in [0, 0.1) is 0 Å². The average molecular weight is 278 g/mol. The number of anilines is 1. The predicted molar refractivity (Wildman–Crippen MR) is 72.9 cm³/mol. The van der Waals surface area contributed by atoms with Gasteiger partial charge in [-0.15, -0.1) is 10.2 Å². The van der Waals surface area contributed by atoms with Crippen LogP contribution in [0.2, 0.25) is 0 Å². The smallest absolute Gasteiger partial charge is 0.224 e. The first kappa shape index (κ1) is 13.3. The zero-order valence-corrected chi connectivity index (χ0v) is 11.2. The topological polar surface area (TPSA) is 90.1 Å². The van der Waals surface area contributed by atoms with Crippen LogP contribution in [0.1, 0.15) is 10.6 Å². The van der Waals surface area contributed by atoms with Gasteiger partial charge in [-0.05, 0) is 6.07 Å². The summed E-state index contributed by atoms with van der Waals surface area (Å²) in [4.78, 5) is 11.8. The molecule has 1 heterocycles. The lowest BCUT2D eigenvalue weighted by Gasteiger charge is -2.07. The molecule has 0 spiro atoms. The monoisotopic (exact) mass is 278 g/mol. The fourth-order valence-electron chi connectivity index (χ4n) is 1.60. The molecule has 7 heteroatoms. The minimum Gasteiger partial charge on any atom is -0.496 e.